The van der Waals surface area contributed by atoms with E-state index in [4.69, 9.17) is 4.74 Å². The van der Waals surface area contributed by atoms with Crippen LogP contribution in [0, 0.1) is 11.7 Å². The number of ether oxygens (including phenoxy) is 1. The van der Waals surface area contributed by atoms with E-state index >= 15 is 0 Å². The summed E-state index contributed by atoms with van der Waals surface area (Å²) in [6, 6.07) is 4.43. The van der Waals surface area contributed by atoms with Crippen molar-refractivity contribution in [3.05, 3.63) is 29.6 Å². The molecule has 1 heterocycles. The zero-order valence-electron chi connectivity index (χ0n) is 14.2. The highest BCUT2D eigenvalue weighted by atomic mass is 35.5. The molecule has 2 fully saturated rings. The normalized spacial score (nSPS) is 26.9. The van der Waals surface area contributed by atoms with E-state index in [-0.39, 0.29) is 36.2 Å². The molecule has 1 aromatic carbocycles. The van der Waals surface area contributed by atoms with Crippen molar-refractivity contribution >= 4 is 18.3 Å². The van der Waals surface area contributed by atoms with Crippen LogP contribution < -0.4 is 15.4 Å². The van der Waals surface area contributed by atoms with E-state index < -0.39 is 0 Å². The Balaban J connectivity index is 0.00000208. The first kappa shape index (κ1) is 19.0. The monoisotopic (exact) mass is 356 g/mol. The minimum absolute atomic E-state index is 0. The number of carbonyl (C=O) groups excluding carboxylic acids is 1. The van der Waals surface area contributed by atoms with Gasteiger partial charge in [0.05, 0.1) is 19.2 Å². The molecule has 24 heavy (non-hydrogen) atoms. The molecule has 1 aromatic rings. The maximum atomic E-state index is 13.5. The molecule has 6 heteroatoms. The van der Waals surface area contributed by atoms with Gasteiger partial charge in [0.1, 0.15) is 11.6 Å². The predicted molar refractivity (Wildman–Crippen MR) is 94.0 cm³/mol. The molecular weight excluding hydrogens is 331 g/mol. The number of hydrogen-bond donors (Lipinski definition) is 2. The molecule has 4 atom stereocenters. The zero-order valence-corrected chi connectivity index (χ0v) is 15.0. The number of rotatable bonds is 4. The predicted octanol–water partition coefficient (Wildman–Crippen LogP) is 3.35. The first-order valence-electron chi connectivity index (χ1n) is 8.48. The molecule has 1 amide bonds. The Morgan fingerprint density at radius 3 is 2.83 bits per heavy atom. The van der Waals surface area contributed by atoms with Crippen molar-refractivity contribution in [1.29, 1.82) is 0 Å². The summed E-state index contributed by atoms with van der Waals surface area (Å²) in [5.74, 6) is 0.885. The van der Waals surface area contributed by atoms with Crippen LogP contribution in [0.4, 0.5) is 4.39 Å². The second-order valence-electron chi connectivity index (χ2n) is 6.72. The molecule has 2 N–H and O–H groups in total. The molecule has 134 valence electrons. The molecule has 1 aliphatic heterocycles. The number of benzene rings is 1. The van der Waals surface area contributed by atoms with Crippen molar-refractivity contribution in [1.82, 2.24) is 10.6 Å². The second-order valence-corrected chi connectivity index (χ2v) is 6.72. The maximum absolute atomic E-state index is 13.5. The van der Waals surface area contributed by atoms with Crippen LogP contribution >= 0.6 is 12.4 Å². The third-order valence-corrected chi connectivity index (χ3v) is 5.20. The SMILES string of the molecule is COc1ccc(F)cc1C(C)NC(=O)C1CC2CCCCC2N1.Cl. The van der Waals surface area contributed by atoms with Crippen LogP contribution in [0.3, 0.4) is 0 Å². The molecule has 0 spiro atoms. The summed E-state index contributed by atoms with van der Waals surface area (Å²) in [5.41, 5.74) is 0.663. The van der Waals surface area contributed by atoms with E-state index in [1.54, 1.807) is 13.2 Å². The Labute approximate surface area is 148 Å². The van der Waals surface area contributed by atoms with Crippen LogP contribution in [0.1, 0.15) is 50.6 Å². The van der Waals surface area contributed by atoms with Gasteiger partial charge in [-0.15, -0.1) is 12.4 Å². The quantitative estimate of drug-likeness (QED) is 0.869. The molecule has 4 unspecified atom stereocenters. The average molecular weight is 357 g/mol. The fraction of sp³-hybridized carbons (Fsp3) is 0.611. The molecule has 1 saturated carbocycles. The first-order valence-corrected chi connectivity index (χ1v) is 8.48. The summed E-state index contributed by atoms with van der Waals surface area (Å²) in [4.78, 5) is 12.5. The zero-order chi connectivity index (χ0) is 16.4. The number of nitrogens with one attached hydrogen (secondary N) is 2. The third kappa shape index (κ3) is 4.01. The first-order chi connectivity index (χ1) is 11.1. The Hall–Kier alpha value is -1.33. The van der Waals surface area contributed by atoms with E-state index in [0.29, 0.717) is 23.3 Å². The van der Waals surface area contributed by atoms with E-state index in [9.17, 15) is 9.18 Å². The number of methoxy groups -OCH3 is 1. The van der Waals surface area contributed by atoms with Crippen molar-refractivity contribution < 1.29 is 13.9 Å². The Bertz CT molecular complexity index is 570. The highest BCUT2D eigenvalue weighted by Crippen LogP contribution is 2.33. The van der Waals surface area contributed by atoms with Gasteiger partial charge < -0.3 is 15.4 Å². The fourth-order valence-corrected chi connectivity index (χ4v) is 3.96. The summed E-state index contributed by atoms with van der Waals surface area (Å²) in [5, 5.41) is 6.47. The number of halogens is 2. The van der Waals surface area contributed by atoms with Gasteiger partial charge in [0.15, 0.2) is 0 Å². The molecule has 0 aromatic heterocycles. The second kappa shape index (κ2) is 8.17. The standard InChI is InChI=1S/C18H25FN2O2.ClH/c1-11(14-10-13(19)7-8-17(14)23-2)20-18(22)16-9-12-5-3-4-6-15(12)21-16;/h7-8,10-12,15-16,21H,3-6,9H2,1-2H3,(H,20,22);1H. The van der Waals surface area contributed by atoms with Gasteiger partial charge in [-0.05, 0) is 50.3 Å². The fourth-order valence-electron chi connectivity index (χ4n) is 3.96. The van der Waals surface area contributed by atoms with Gasteiger partial charge in [-0.3, -0.25) is 4.79 Å². The Morgan fingerprint density at radius 2 is 2.12 bits per heavy atom. The van der Waals surface area contributed by atoms with Gasteiger partial charge >= 0.3 is 0 Å². The number of amides is 1. The average Bonchev–Trinajstić information content (AvgIpc) is 2.99. The van der Waals surface area contributed by atoms with Gasteiger partial charge in [0.25, 0.3) is 0 Å². The highest BCUT2D eigenvalue weighted by Gasteiger charge is 2.38. The molecule has 2 aliphatic rings. The summed E-state index contributed by atoms with van der Waals surface area (Å²) < 4.78 is 18.8. The molecule has 1 aliphatic carbocycles. The maximum Gasteiger partial charge on any atom is 0.237 e. The lowest BCUT2D eigenvalue weighted by Crippen LogP contribution is -2.43. The lowest BCUT2D eigenvalue weighted by molar-refractivity contribution is -0.123. The smallest absolute Gasteiger partial charge is 0.237 e. The molecule has 0 bridgehead atoms. The molecule has 3 rings (SSSR count). The molecule has 4 nitrogen and oxygen atoms in total. The van der Waals surface area contributed by atoms with Gasteiger partial charge in [-0.2, -0.15) is 0 Å². The topological polar surface area (TPSA) is 50.4 Å². The minimum Gasteiger partial charge on any atom is -0.496 e. The van der Waals surface area contributed by atoms with Crippen LogP contribution in [0.25, 0.3) is 0 Å². The molecule has 0 radical (unpaired) electrons. The summed E-state index contributed by atoms with van der Waals surface area (Å²) in [7, 11) is 1.55. The van der Waals surface area contributed by atoms with Gasteiger partial charge in [-0.25, -0.2) is 4.39 Å². The van der Waals surface area contributed by atoms with Gasteiger partial charge in [-0.1, -0.05) is 12.8 Å². The van der Waals surface area contributed by atoms with E-state index in [1.165, 1.54) is 37.8 Å². The number of hydrogen-bond acceptors (Lipinski definition) is 3. The molecular formula is C18H26ClFN2O2. The third-order valence-electron chi connectivity index (χ3n) is 5.20. The lowest BCUT2D eigenvalue weighted by Gasteiger charge is -2.24. The van der Waals surface area contributed by atoms with Crippen LogP contribution in [0.5, 0.6) is 5.75 Å². The molecule has 1 saturated heterocycles. The highest BCUT2D eigenvalue weighted by molar-refractivity contribution is 5.85. The summed E-state index contributed by atoms with van der Waals surface area (Å²) in [6.07, 6.45) is 5.81. The van der Waals surface area contributed by atoms with Crippen LogP contribution in [-0.4, -0.2) is 25.1 Å². The Morgan fingerprint density at radius 1 is 1.38 bits per heavy atom. The largest absolute Gasteiger partial charge is 0.496 e. The van der Waals surface area contributed by atoms with E-state index in [2.05, 4.69) is 10.6 Å². The van der Waals surface area contributed by atoms with Crippen molar-refractivity contribution in [2.24, 2.45) is 5.92 Å². The van der Waals surface area contributed by atoms with Gasteiger partial charge in [0.2, 0.25) is 5.91 Å². The van der Waals surface area contributed by atoms with Crippen LogP contribution in [0.2, 0.25) is 0 Å². The lowest BCUT2D eigenvalue weighted by atomic mass is 9.85. The number of carbonyl (C=O) groups is 1. The van der Waals surface area contributed by atoms with Gasteiger partial charge in [0, 0.05) is 11.6 Å². The van der Waals surface area contributed by atoms with Crippen LogP contribution in [-0.2, 0) is 4.79 Å². The van der Waals surface area contributed by atoms with Crippen molar-refractivity contribution in [3.63, 3.8) is 0 Å². The van der Waals surface area contributed by atoms with Crippen LogP contribution in [0.15, 0.2) is 18.2 Å². The number of fused-ring (bicyclic) bond motifs is 1. The van der Waals surface area contributed by atoms with E-state index in [1.807, 2.05) is 6.92 Å². The van der Waals surface area contributed by atoms with Crippen molar-refractivity contribution in [2.75, 3.05) is 7.11 Å². The summed E-state index contributed by atoms with van der Waals surface area (Å²) >= 11 is 0. The summed E-state index contributed by atoms with van der Waals surface area (Å²) in [6.45, 7) is 1.86. The van der Waals surface area contributed by atoms with E-state index in [0.717, 1.165) is 6.42 Å². The minimum atomic E-state index is -0.327. The van der Waals surface area contributed by atoms with Crippen molar-refractivity contribution in [2.45, 2.75) is 57.2 Å². The van der Waals surface area contributed by atoms with Crippen molar-refractivity contribution in [3.8, 4) is 5.75 Å². The Kier molecular flexibility index (Phi) is 6.47.